The number of thioether (sulfide) groups is 1. The van der Waals surface area contributed by atoms with E-state index in [0.29, 0.717) is 6.42 Å². The van der Waals surface area contributed by atoms with Crippen LogP contribution < -0.4 is 0 Å². The van der Waals surface area contributed by atoms with E-state index in [1.807, 2.05) is 53.0 Å². The number of aliphatic hydroxyl groups is 2. The molecule has 7 heteroatoms. The van der Waals surface area contributed by atoms with Gasteiger partial charge in [-0.25, -0.2) is 4.98 Å². The van der Waals surface area contributed by atoms with Gasteiger partial charge in [0.15, 0.2) is 0 Å². The molecule has 0 unspecified atom stereocenters. The average Bonchev–Trinajstić information content (AvgIpc) is 3.13. The van der Waals surface area contributed by atoms with Crippen LogP contribution in [0.5, 0.6) is 0 Å². The summed E-state index contributed by atoms with van der Waals surface area (Å²) >= 11 is 3.08. The van der Waals surface area contributed by atoms with Crippen molar-refractivity contribution in [1.29, 1.82) is 0 Å². The summed E-state index contributed by atoms with van der Waals surface area (Å²) in [5, 5.41) is 24.5. The molecule has 1 aliphatic rings. The number of aryl methyl sites for hydroxylation is 1. The molecule has 0 fully saturated rings. The topological polar surface area (TPSA) is 79.7 Å². The fourth-order valence-electron chi connectivity index (χ4n) is 3.74. The number of ether oxygens (including phenoxy) is 1. The summed E-state index contributed by atoms with van der Waals surface area (Å²) in [6, 6.07) is 0. The smallest absolute Gasteiger partial charge is 0.309 e. The Bertz CT molecular complexity index is 887. The highest BCUT2D eigenvalue weighted by Gasteiger charge is 2.35. The molecular weight excluding hydrogens is 454 g/mol. The minimum Gasteiger partial charge on any atom is -0.457 e. The third-order valence-corrected chi connectivity index (χ3v) is 8.35. The molecule has 0 bridgehead atoms. The first-order chi connectivity index (χ1) is 15.4. The summed E-state index contributed by atoms with van der Waals surface area (Å²) in [5.41, 5.74) is 2.95. The second kappa shape index (κ2) is 12.3. The number of hydrogen-bond donors (Lipinski definition) is 2. The number of nitrogens with zero attached hydrogens (tertiary/aromatic N) is 1. The predicted octanol–water partition coefficient (Wildman–Crippen LogP) is 5.71. The quantitative estimate of drug-likeness (QED) is 0.406. The van der Waals surface area contributed by atoms with Gasteiger partial charge < -0.3 is 14.9 Å². The van der Waals surface area contributed by atoms with Crippen molar-refractivity contribution in [1.82, 2.24) is 4.98 Å². The van der Waals surface area contributed by atoms with Crippen molar-refractivity contribution in [2.24, 2.45) is 5.92 Å². The van der Waals surface area contributed by atoms with E-state index in [-0.39, 0.29) is 17.6 Å². The number of hydrogen-bond acceptors (Lipinski definition) is 7. The molecule has 1 aromatic rings. The molecule has 184 valence electrons. The molecule has 2 heterocycles. The lowest BCUT2D eigenvalue weighted by Crippen LogP contribution is -2.40. The number of esters is 1. The highest BCUT2D eigenvalue weighted by Crippen LogP contribution is 2.36. The molecular formula is C26H39NO4S2. The molecule has 0 aromatic carbocycles. The Labute approximate surface area is 207 Å². The van der Waals surface area contributed by atoms with Crippen LogP contribution in [0.2, 0.25) is 0 Å². The van der Waals surface area contributed by atoms with Crippen LogP contribution in [0.4, 0.5) is 0 Å². The van der Waals surface area contributed by atoms with Crippen molar-refractivity contribution in [2.75, 3.05) is 0 Å². The summed E-state index contributed by atoms with van der Waals surface area (Å²) in [7, 11) is 0. The fraction of sp³-hybridized carbons (Fsp3) is 0.615. The van der Waals surface area contributed by atoms with E-state index in [9.17, 15) is 15.0 Å². The van der Waals surface area contributed by atoms with E-state index in [2.05, 4.69) is 30.1 Å². The molecule has 33 heavy (non-hydrogen) atoms. The number of aliphatic hydroxyl groups excluding tert-OH is 2. The summed E-state index contributed by atoms with van der Waals surface area (Å²) in [6.45, 7) is 13.8. The van der Waals surface area contributed by atoms with Gasteiger partial charge in [0.1, 0.15) is 6.10 Å². The maximum absolute atomic E-state index is 12.8. The molecule has 5 atom stereocenters. The van der Waals surface area contributed by atoms with Gasteiger partial charge in [0, 0.05) is 27.7 Å². The molecule has 2 rings (SSSR count). The minimum absolute atomic E-state index is 0.00870. The van der Waals surface area contributed by atoms with Crippen LogP contribution in [-0.2, 0) is 9.53 Å². The number of aromatic nitrogens is 1. The van der Waals surface area contributed by atoms with Gasteiger partial charge in [0.2, 0.25) is 0 Å². The van der Waals surface area contributed by atoms with Gasteiger partial charge in [0.05, 0.1) is 29.3 Å². The molecule has 1 aromatic heterocycles. The van der Waals surface area contributed by atoms with Crippen LogP contribution in [0.25, 0.3) is 6.08 Å². The maximum atomic E-state index is 12.8. The predicted molar refractivity (Wildman–Crippen MR) is 139 cm³/mol. The lowest BCUT2D eigenvalue weighted by molar-refractivity contribution is -0.149. The molecule has 0 radical (unpaired) electrons. The Hall–Kier alpha value is -1.41. The Morgan fingerprint density at radius 2 is 1.97 bits per heavy atom. The molecule has 0 aliphatic carbocycles. The van der Waals surface area contributed by atoms with Crippen LogP contribution >= 0.6 is 23.1 Å². The maximum Gasteiger partial charge on any atom is 0.309 e. The van der Waals surface area contributed by atoms with Gasteiger partial charge in [-0.15, -0.1) is 23.1 Å². The highest BCUT2D eigenvalue weighted by molar-refractivity contribution is 8.01. The third-order valence-electron chi connectivity index (χ3n) is 6.03. The first kappa shape index (κ1) is 27.8. The van der Waals surface area contributed by atoms with E-state index in [0.717, 1.165) is 22.7 Å². The minimum atomic E-state index is -0.896. The van der Waals surface area contributed by atoms with Gasteiger partial charge in [-0.3, -0.25) is 4.79 Å². The molecule has 5 nitrogen and oxygen atoms in total. The SMILES string of the molecule is C/C1=C\C[C@@H](/C(C)=C/c2csc(C)n2)OC(=O)C[C@H](O)C(C)(C)S[C@H](C)[C@@H](O)[C@@H](C)/C=C/C1. The van der Waals surface area contributed by atoms with Gasteiger partial charge in [-0.1, -0.05) is 37.6 Å². The summed E-state index contributed by atoms with van der Waals surface area (Å²) in [5.74, 6) is -0.436. The number of carbonyl (C=O) groups is 1. The van der Waals surface area contributed by atoms with Crippen molar-refractivity contribution in [3.63, 3.8) is 0 Å². The Kier molecular flexibility index (Phi) is 10.4. The van der Waals surface area contributed by atoms with Gasteiger partial charge in [-0.05, 0) is 52.7 Å². The molecule has 1 aliphatic heterocycles. The van der Waals surface area contributed by atoms with Crippen molar-refractivity contribution in [2.45, 2.75) is 96.0 Å². The Balaban J connectivity index is 2.31. The van der Waals surface area contributed by atoms with Gasteiger partial charge in [-0.2, -0.15) is 0 Å². The monoisotopic (exact) mass is 493 g/mol. The summed E-state index contributed by atoms with van der Waals surface area (Å²) < 4.78 is 5.24. The molecule has 2 N–H and O–H groups in total. The van der Waals surface area contributed by atoms with Crippen molar-refractivity contribution in [3.05, 3.63) is 45.5 Å². The normalized spacial score (nSPS) is 33.1. The van der Waals surface area contributed by atoms with E-state index in [1.54, 1.807) is 11.3 Å². The van der Waals surface area contributed by atoms with E-state index in [1.165, 1.54) is 17.3 Å². The zero-order valence-electron chi connectivity index (χ0n) is 20.9. The first-order valence-corrected chi connectivity index (χ1v) is 13.3. The zero-order chi connectivity index (χ0) is 24.8. The van der Waals surface area contributed by atoms with Crippen LogP contribution in [-0.4, -0.2) is 49.5 Å². The Morgan fingerprint density at radius 3 is 2.61 bits per heavy atom. The number of allylic oxidation sites excluding steroid dienone is 2. The van der Waals surface area contributed by atoms with Crippen molar-refractivity contribution in [3.8, 4) is 0 Å². The van der Waals surface area contributed by atoms with Gasteiger partial charge in [0.25, 0.3) is 0 Å². The standard InChI is InChI=1S/C26H39NO4S2/c1-16-9-8-10-17(2)25(30)19(4)33-26(6,7)23(28)14-24(29)31-22(12-11-16)18(3)13-21-15-32-20(5)27-21/h8,10-11,13,15,17,19,22-23,25,28,30H,9,12,14H2,1-7H3/b10-8+,16-11+,18-13+/t17-,19+,22-,23-,25-/m0/s1. The lowest BCUT2D eigenvalue weighted by Gasteiger charge is -2.35. The fourth-order valence-corrected chi connectivity index (χ4v) is 5.89. The first-order valence-electron chi connectivity index (χ1n) is 11.5. The van der Waals surface area contributed by atoms with Crippen molar-refractivity contribution >= 4 is 35.1 Å². The van der Waals surface area contributed by atoms with Crippen LogP contribution in [0, 0.1) is 12.8 Å². The second-order valence-electron chi connectivity index (χ2n) is 9.57. The number of carbonyl (C=O) groups excluding carboxylic acids is 1. The van der Waals surface area contributed by atoms with Gasteiger partial charge >= 0.3 is 5.97 Å². The highest BCUT2D eigenvalue weighted by atomic mass is 32.2. The Morgan fingerprint density at radius 1 is 1.27 bits per heavy atom. The van der Waals surface area contributed by atoms with E-state index in [4.69, 9.17) is 4.74 Å². The third kappa shape index (κ3) is 8.71. The molecule has 0 saturated heterocycles. The molecule has 0 amide bonds. The summed E-state index contributed by atoms with van der Waals surface area (Å²) in [6.07, 6.45) is 7.57. The zero-order valence-corrected chi connectivity index (χ0v) is 22.5. The van der Waals surface area contributed by atoms with Crippen LogP contribution in [0.15, 0.2) is 34.8 Å². The number of cyclic esters (lactones) is 1. The second-order valence-corrected chi connectivity index (χ2v) is 12.7. The van der Waals surface area contributed by atoms with E-state index < -0.39 is 29.0 Å². The van der Waals surface area contributed by atoms with Crippen molar-refractivity contribution < 1.29 is 19.7 Å². The summed E-state index contributed by atoms with van der Waals surface area (Å²) in [4.78, 5) is 17.3. The molecule has 0 spiro atoms. The molecule has 0 saturated carbocycles. The number of rotatable bonds is 2. The number of thiazole rings is 1. The van der Waals surface area contributed by atoms with Crippen LogP contribution in [0.1, 0.15) is 71.5 Å². The lowest BCUT2D eigenvalue weighted by atomic mass is 10.00. The largest absolute Gasteiger partial charge is 0.457 e. The van der Waals surface area contributed by atoms with Crippen LogP contribution in [0.3, 0.4) is 0 Å². The van der Waals surface area contributed by atoms with E-state index >= 15 is 0 Å². The average molecular weight is 494 g/mol.